The van der Waals surface area contributed by atoms with E-state index in [1.807, 2.05) is 0 Å². The van der Waals surface area contributed by atoms with Gasteiger partial charge in [-0.05, 0) is 44.6 Å². The molecular formula is C14H31N. The molecule has 0 rings (SSSR count). The molecule has 4 unspecified atom stereocenters. The van der Waals surface area contributed by atoms with E-state index in [0.717, 1.165) is 17.8 Å². The van der Waals surface area contributed by atoms with Crippen LogP contribution in [-0.4, -0.2) is 13.1 Å². The SMILES string of the molecule is CCC(C)CC(C)CCC(C)C(C)NC. The normalized spacial score (nSPS) is 19.6. The van der Waals surface area contributed by atoms with Crippen LogP contribution in [0.15, 0.2) is 0 Å². The fourth-order valence-electron chi connectivity index (χ4n) is 2.05. The molecule has 0 aliphatic heterocycles. The second-order valence-electron chi connectivity index (χ2n) is 5.49. The van der Waals surface area contributed by atoms with E-state index >= 15 is 0 Å². The molecule has 1 nitrogen and oxygen atoms in total. The quantitative estimate of drug-likeness (QED) is 0.640. The summed E-state index contributed by atoms with van der Waals surface area (Å²) in [5.74, 6) is 2.60. The average Bonchev–Trinajstić information content (AvgIpc) is 2.24. The van der Waals surface area contributed by atoms with Crippen molar-refractivity contribution < 1.29 is 0 Å². The predicted octanol–water partition coefficient (Wildman–Crippen LogP) is 4.08. The summed E-state index contributed by atoms with van der Waals surface area (Å²) in [4.78, 5) is 0. The van der Waals surface area contributed by atoms with Crippen molar-refractivity contribution in [2.45, 2.75) is 66.3 Å². The zero-order valence-electron chi connectivity index (χ0n) is 11.6. The number of nitrogens with one attached hydrogen (secondary N) is 1. The summed E-state index contributed by atoms with van der Waals surface area (Å²) in [7, 11) is 2.06. The second-order valence-corrected chi connectivity index (χ2v) is 5.49. The van der Waals surface area contributed by atoms with Gasteiger partial charge in [0.1, 0.15) is 0 Å². The Morgan fingerprint density at radius 1 is 0.933 bits per heavy atom. The molecule has 0 fully saturated rings. The van der Waals surface area contributed by atoms with E-state index < -0.39 is 0 Å². The highest BCUT2D eigenvalue weighted by Gasteiger charge is 2.13. The highest BCUT2D eigenvalue weighted by Crippen LogP contribution is 2.22. The van der Waals surface area contributed by atoms with E-state index in [-0.39, 0.29) is 0 Å². The van der Waals surface area contributed by atoms with Crippen molar-refractivity contribution >= 4 is 0 Å². The molecule has 1 N–H and O–H groups in total. The van der Waals surface area contributed by atoms with Crippen LogP contribution in [0, 0.1) is 17.8 Å². The average molecular weight is 213 g/mol. The van der Waals surface area contributed by atoms with Crippen LogP contribution < -0.4 is 5.32 Å². The Balaban J connectivity index is 3.65. The van der Waals surface area contributed by atoms with Gasteiger partial charge in [-0.15, -0.1) is 0 Å². The van der Waals surface area contributed by atoms with Crippen LogP contribution in [0.3, 0.4) is 0 Å². The van der Waals surface area contributed by atoms with Gasteiger partial charge >= 0.3 is 0 Å². The summed E-state index contributed by atoms with van der Waals surface area (Å²) in [5, 5.41) is 3.34. The van der Waals surface area contributed by atoms with Crippen LogP contribution in [0.1, 0.15) is 60.3 Å². The Bertz CT molecular complexity index is 144. The van der Waals surface area contributed by atoms with Gasteiger partial charge in [0.05, 0.1) is 0 Å². The maximum absolute atomic E-state index is 3.34. The lowest BCUT2D eigenvalue weighted by Crippen LogP contribution is -2.28. The highest BCUT2D eigenvalue weighted by molar-refractivity contribution is 4.68. The van der Waals surface area contributed by atoms with Crippen LogP contribution in [0.2, 0.25) is 0 Å². The van der Waals surface area contributed by atoms with E-state index in [9.17, 15) is 0 Å². The Labute approximate surface area is 97.0 Å². The standard InChI is InChI=1S/C14H31N/c1-7-11(2)10-12(3)8-9-13(4)14(5)15-6/h11-15H,7-10H2,1-6H3. The first-order valence-corrected chi connectivity index (χ1v) is 6.68. The van der Waals surface area contributed by atoms with Crippen LogP contribution in [-0.2, 0) is 0 Å². The summed E-state index contributed by atoms with van der Waals surface area (Å²) in [6, 6.07) is 0.654. The topological polar surface area (TPSA) is 12.0 Å². The molecular weight excluding hydrogens is 182 g/mol. The van der Waals surface area contributed by atoms with Crippen molar-refractivity contribution in [2.24, 2.45) is 17.8 Å². The van der Waals surface area contributed by atoms with Crippen molar-refractivity contribution in [3.63, 3.8) is 0 Å². The zero-order valence-corrected chi connectivity index (χ0v) is 11.6. The molecule has 0 aliphatic carbocycles. The molecule has 0 aromatic heterocycles. The maximum Gasteiger partial charge on any atom is 0.00613 e. The second kappa shape index (κ2) is 8.15. The summed E-state index contributed by atoms with van der Waals surface area (Å²) in [5.41, 5.74) is 0. The van der Waals surface area contributed by atoms with E-state index in [0.29, 0.717) is 6.04 Å². The molecule has 0 bridgehead atoms. The molecule has 0 radical (unpaired) electrons. The van der Waals surface area contributed by atoms with Gasteiger partial charge in [0.15, 0.2) is 0 Å². The summed E-state index contributed by atoms with van der Waals surface area (Å²) in [6.07, 6.45) is 5.47. The number of hydrogen-bond acceptors (Lipinski definition) is 1. The van der Waals surface area contributed by atoms with Crippen LogP contribution >= 0.6 is 0 Å². The fourth-order valence-corrected chi connectivity index (χ4v) is 2.05. The van der Waals surface area contributed by atoms with Crippen molar-refractivity contribution in [1.29, 1.82) is 0 Å². The Morgan fingerprint density at radius 3 is 2.00 bits per heavy atom. The molecule has 15 heavy (non-hydrogen) atoms. The fraction of sp³-hybridized carbons (Fsp3) is 1.00. The first-order chi connectivity index (χ1) is 7.01. The predicted molar refractivity (Wildman–Crippen MR) is 70.2 cm³/mol. The van der Waals surface area contributed by atoms with Crippen LogP contribution in [0.5, 0.6) is 0 Å². The van der Waals surface area contributed by atoms with E-state index in [1.165, 1.54) is 25.7 Å². The molecule has 92 valence electrons. The van der Waals surface area contributed by atoms with Crippen molar-refractivity contribution in [1.82, 2.24) is 5.32 Å². The first-order valence-electron chi connectivity index (χ1n) is 6.68. The third-order valence-corrected chi connectivity index (χ3v) is 3.93. The van der Waals surface area contributed by atoms with E-state index in [4.69, 9.17) is 0 Å². The molecule has 1 heteroatoms. The van der Waals surface area contributed by atoms with Gasteiger partial charge in [-0.1, -0.05) is 40.5 Å². The van der Waals surface area contributed by atoms with Gasteiger partial charge in [-0.3, -0.25) is 0 Å². The van der Waals surface area contributed by atoms with Crippen molar-refractivity contribution in [3.8, 4) is 0 Å². The summed E-state index contributed by atoms with van der Waals surface area (Å²) >= 11 is 0. The third kappa shape index (κ3) is 6.94. The summed E-state index contributed by atoms with van der Waals surface area (Å²) in [6.45, 7) is 11.7. The molecule has 0 aromatic rings. The lowest BCUT2D eigenvalue weighted by Gasteiger charge is -2.22. The van der Waals surface area contributed by atoms with Gasteiger partial charge in [0, 0.05) is 6.04 Å². The molecule has 0 spiro atoms. The van der Waals surface area contributed by atoms with E-state index in [1.54, 1.807) is 0 Å². The molecule has 0 amide bonds. The Hall–Kier alpha value is -0.0400. The monoisotopic (exact) mass is 213 g/mol. The maximum atomic E-state index is 3.34. The van der Waals surface area contributed by atoms with Gasteiger partial charge in [0.2, 0.25) is 0 Å². The van der Waals surface area contributed by atoms with Gasteiger partial charge in [-0.2, -0.15) is 0 Å². The minimum Gasteiger partial charge on any atom is -0.317 e. The summed E-state index contributed by atoms with van der Waals surface area (Å²) < 4.78 is 0. The van der Waals surface area contributed by atoms with Crippen molar-refractivity contribution in [3.05, 3.63) is 0 Å². The van der Waals surface area contributed by atoms with Crippen molar-refractivity contribution in [2.75, 3.05) is 7.05 Å². The minimum absolute atomic E-state index is 0.654. The molecule has 0 aliphatic rings. The zero-order chi connectivity index (χ0) is 11.8. The molecule has 0 aromatic carbocycles. The molecule has 0 saturated heterocycles. The van der Waals surface area contributed by atoms with Gasteiger partial charge in [0.25, 0.3) is 0 Å². The minimum atomic E-state index is 0.654. The lowest BCUT2D eigenvalue weighted by molar-refractivity contribution is 0.325. The first kappa shape index (κ1) is 15.0. The Morgan fingerprint density at radius 2 is 1.53 bits per heavy atom. The number of hydrogen-bond donors (Lipinski definition) is 1. The molecule has 0 heterocycles. The smallest absolute Gasteiger partial charge is 0.00613 e. The highest BCUT2D eigenvalue weighted by atomic mass is 14.9. The van der Waals surface area contributed by atoms with E-state index in [2.05, 4.69) is 47.0 Å². The van der Waals surface area contributed by atoms with Crippen LogP contribution in [0.4, 0.5) is 0 Å². The number of rotatable bonds is 8. The third-order valence-electron chi connectivity index (χ3n) is 3.93. The van der Waals surface area contributed by atoms with Gasteiger partial charge < -0.3 is 5.32 Å². The van der Waals surface area contributed by atoms with Crippen LogP contribution in [0.25, 0.3) is 0 Å². The molecule has 0 saturated carbocycles. The lowest BCUT2D eigenvalue weighted by atomic mass is 9.88. The Kier molecular flexibility index (Phi) is 8.13. The molecule has 4 atom stereocenters. The van der Waals surface area contributed by atoms with Gasteiger partial charge in [-0.25, -0.2) is 0 Å². The largest absolute Gasteiger partial charge is 0.317 e.